The van der Waals surface area contributed by atoms with Gasteiger partial charge in [0.15, 0.2) is 23.9 Å². The average Bonchev–Trinajstić information content (AvgIpc) is 2.97. The molecule has 2 aliphatic rings. The van der Waals surface area contributed by atoms with Gasteiger partial charge in [-0.2, -0.15) is 0 Å². The molecule has 10 atom stereocenters. The van der Waals surface area contributed by atoms with Crippen LogP contribution in [0.15, 0.2) is 33.5 Å². The summed E-state index contributed by atoms with van der Waals surface area (Å²) in [4.78, 5) is 13.3. The van der Waals surface area contributed by atoms with Crippen LogP contribution in [0.2, 0.25) is 0 Å². The fourth-order valence-electron chi connectivity index (χ4n) is 5.01. The second kappa shape index (κ2) is 11.8. The lowest BCUT2D eigenvalue weighted by Gasteiger charge is -2.45. The Kier molecular flexibility index (Phi) is 8.48. The summed E-state index contributed by atoms with van der Waals surface area (Å²) in [5, 5.41) is 72.1. The number of benzene rings is 2. The maximum Gasteiger partial charge on any atom is 0.229 e. The molecule has 0 amide bonds. The van der Waals surface area contributed by atoms with Gasteiger partial charge in [0, 0.05) is 18.2 Å². The first-order chi connectivity index (χ1) is 20.0. The van der Waals surface area contributed by atoms with Gasteiger partial charge in [0.25, 0.3) is 0 Å². The quantitative estimate of drug-likeness (QED) is 0.157. The van der Waals surface area contributed by atoms with Gasteiger partial charge in [-0.25, -0.2) is 0 Å². The van der Waals surface area contributed by atoms with Crippen molar-refractivity contribution in [2.24, 2.45) is 0 Å². The lowest BCUT2D eigenvalue weighted by atomic mass is 9.97. The van der Waals surface area contributed by atoms with Crippen LogP contribution in [-0.2, 0) is 14.2 Å². The van der Waals surface area contributed by atoms with Crippen LogP contribution >= 0.6 is 0 Å². The van der Waals surface area contributed by atoms with Crippen LogP contribution in [0.3, 0.4) is 0 Å². The first kappa shape index (κ1) is 30.2. The van der Waals surface area contributed by atoms with E-state index in [4.69, 9.17) is 32.8 Å². The number of aliphatic hydroxyl groups excluding tert-OH is 6. The second-order valence-corrected chi connectivity index (χ2v) is 10.1. The summed E-state index contributed by atoms with van der Waals surface area (Å²) >= 11 is 0. The summed E-state index contributed by atoms with van der Waals surface area (Å²) in [5.74, 6) is -0.180. The minimum Gasteiger partial charge on any atom is -0.507 e. The maximum absolute atomic E-state index is 13.3. The molecule has 0 saturated carbocycles. The summed E-state index contributed by atoms with van der Waals surface area (Å²) in [6.07, 6.45) is -15.3. The van der Waals surface area contributed by atoms with E-state index in [2.05, 4.69) is 0 Å². The number of methoxy groups -OCH3 is 2. The van der Waals surface area contributed by atoms with E-state index in [1.54, 1.807) is 0 Å². The molecule has 2 fully saturated rings. The van der Waals surface area contributed by atoms with E-state index in [9.17, 15) is 40.5 Å². The molecule has 2 aliphatic heterocycles. The van der Waals surface area contributed by atoms with Crippen LogP contribution in [0.1, 0.15) is 6.92 Å². The van der Waals surface area contributed by atoms with Crippen molar-refractivity contribution >= 4 is 21.9 Å². The van der Waals surface area contributed by atoms with Gasteiger partial charge in [0.2, 0.25) is 11.7 Å². The van der Waals surface area contributed by atoms with Crippen LogP contribution in [-0.4, -0.2) is 118 Å². The third-order valence-electron chi connectivity index (χ3n) is 7.42. The second-order valence-electron chi connectivity index (χ2n) is 10.1. The standard InChI is InChI=1S/C27H32O15/c1-9-19(30)22(33)24(35)26(38-9)42-25-23(34)21(32)17(8-28)41-27(25)40-15-7-13-11(6-14(15)37-3)20(31)18-12(29)4-10(36-2)5-16(18)39-13/h4-7,9,17,19,21-30,32-35H,8H2,1-3H3/t9-,17-,19-,21-,22+,23+,24+,25-,26-,27-/m0/s1. The number of aliphatic hydroxyl groups is 6. The summed E-state index contributed by atoms with van der Waals surface area (Å²) in [5.41, 5.74) is -0.531. The minimum atomic E-state index is -1.75. The third kappa shape index (κ3) is 5.23. The molecule has 0 unspecified atom stereocenters. The molecule has 2 aromatic carbocycles. The van der Waals surface area contributed by atoms with Crippen LogP contribution < -0.4 is 19.6 Å². The fourth-order valence-corrected chi connectivity index (χ4v) is 5.01. The molecule has 42 heavy (non-hydrogen) atoms. The lowest BCUT2D eigenvalue weighted by Crippen LogP contribution is -2.64. The first-order valence-corrected chi connectivity index (χ1v) is 13.0. The molecule has 3 heterocycles. The molecule has 0 spiro atoms. The average molecular weight is 597 g/mol. The van der Waals surface area contributed by atoms with Crippen LogP contribution in [0.25, 0.3) is 21.9 Å². The number of ether oxygens (including phenoxy) is 6. The highest BCUT2D eigenvalue weighted by atomic mass is 16.8. The summed E-state index contributed by atoms with van der Waals surface area (Å²) in [6, 6.07) is 5.29. The number of hydrogen-bond acceptors (Lipinski definition) is 15. The van der Waals surface area contributed by atoms with Crippen LogP contribution in [0, 0.1) is 0 Å². The predicted molar refractivity (Wildman–Crippen MR) is 140 cm³/mol. The van der Waals surface area contributed by atoms with E-state index in [0.717, 1.165) is 0 Å². The topological polar surface area (TPSA) is 227 Å². The predicted octanol–water partition coefficient (Wildman–Crippen LogP) is -1.30. The zero-order valence-electron chi connectivity index (χ0n) is 22.7. The van der Waals surface area contributed by atoms with Crippen LogP contribution in [0.5, 0.6) is 23.0 Å². The van der Waals surface area contributed by atoms with Gasteiger partial charge in [-0.1, -0.05) is 0 Å². The highest BCUT2D eigenvalue weighted by Crippen LogP contribution is 2.38. The highest BCUT2D eigenvalue weighted by molar-refractivity contribution is 5.95. The fraction of sp³-hybridized carbons (Fsp3) is 0.519. The van der Waals surface area contributed by atoms with Gasteiger partial charge < -0.3 is 68.6 Å². The van der Waals surface area contributed by atoms with Gasteiger partial charge in [-0.05, 0) is 13.0 Å². The largest absolute Gasteiger partial charge is 0.507 e. The summed E-state index contributed by atoms with van der Waals surface area (Å²) < 4.78 is 39.3. The molecular weight excluding hydrogens is 564 g/mol. The van der Waals surface area contributed by atoms with E-state index in [1.165, 1.54) is 45.4 Å². The monoisotopic (exact) mass is 596 g/mol. The Morgan fingerprint density at radius 3 is 2.21 bits per heavy atom. The Labute approximate surface area is 237 Å². The first-order valence-electron chi connectivity index (χ1n) is 13.0. The zero-order valence-corrected chi connectivity index (χ0v) is 22.7. The van der Waals surface area contributed by atoms with Crippen molar-refractivity contribution in [2.45, 2.75) is 68.3 Å². The van der Waals surface area contributed by atoms with Crippen molar-refractivity contribution in [3.63, 3.8) is 0 Å². The molecule has 2 saturated heterocycles. The Morgan fingerprint density at radius 1 is 0.810 bits per heavy atom. The normalized spacial score (nSPS) is 33.5. The minimum absolute atomic E-state index is 0.00628. The van der Waals surface area contributed by atoms with Crippen LogP contribution in [0.4, 0.5) is 0 Å². The molecule has 0 radical (unpaired) electrons. The van der Waals surface area contributed by atoms with E-state index in [0.29, 0.717) is 0 Å². The molecular formula is C27H32O15. The number of phenols is 1. The Bertz CT molecular complexity index is 1490. The molecule has 1 aromatic heterocycles. The molecule has 15 nitrogen and oxygen atoms in total. The third-order valence-corrected chi connectivity index (χ3v) is 7.42. The number of aromatic hydroxyl groups is 1. The number of phenolic OH excluding ortho intramolecular Hbond substituents is 1. The smallest absolute Gasteiger partial charge is 0.229 e. The Morgan fingerprint density at radius 2 is 1.55 bits per heavy atom. The summed E-state index contributed by atoms with van der Waals surface area (Å²) in [6.45, 7) is 0.720. The van der Waals surface area contributed by atoms with Gasteiger partial charge in [-0.15, -0.1) is 0 Å². The molecule has 230 valence electrons. The van der Waals surface area contributed by atoms with E-state index in [-0.39, 0.29) is 44.9 Å². The molecule has 3 aromatic rings. The highest BCUT2D eigenvalue weighted by Gasteiger charge is 2.51. The number of rotatable bonds is 7. The Balaban J connectivity index is 1.54. The summed E-state index contributed by atoms with van der Waals surface area (Å²) in [7, 11) is 2.68. The Hall–Kier alpha value is -3.25. The van der Waals surface area contributed by atoms with E-state index < -0.39 is 73.4 Å². The number of hydrogen-bond donors (Lipinski definition) is 7. The van der Waals surface area contributed by atoms with Crippen molar-refractivity contribution in [3.8, 4) is 23.0 Å². The van der Waals surface area contributed by atoms with E-state index in [1.807, 2.05) is 0 Å². The zero-order chi connectivity index (χ0) is 30.5. The van der Waals surface area contributed by atoms with Gasteiger partial charge in [0.05, 0.1) is 32.3 Å². The molecule has 0 aliphatic carbocycles. The number of fused-ring (bicyclic) bond motifs is 2. The van der Waals surface area contributed by atoms with Gasteiger partial charge in [-0.3, -0.25) is 4.79 Å². The van der Waals surface area contributed by atoms with Crippen molar-refractivity contribution in [2.75, 3.05) is 20.8 Å². The van der Waals surface area contributed by atoms with Crippen molar-refractivity contribution in [1.29, 1.82) is 0 Å². The van der Waals surface area contributed by atoms with Crippen molar-refractivity contribution in [3.05, 3.63) is 34.5 Å². The lowest BCUT2D eigenvalue weighted by molar-refractivity contribution is -0.354. The molecule has 0 bridgehead atoms. The molecule has 7 N–H and O–H groups in total. The van der Waals surface area contributed by atoms with Gasteiger partial charge >= 0.3 is 0 Å². The maximum atomic E-state index is 13.3. The van der Waals surface area contributed by atoms with E-state index >= 15 is 0 Å². The van der Waals surface area contributed by atoms with Crippen molar-refractivity contribution in [1.82, 2.24) is 0 Å². The molecule has 15 heteroatoms. The van der Waals surface area contributed by atoms with Crippen molar-refractivity contribution < 1.29 is 68.6 Å². The SMILES string of the molecule is COc1cc(O)c2c(=O)c3cc(OC)c(O[C@H]4O[C@@H](CO)[C@H](O)[C@@H](O)[C@@H]4O[C@@H]4O[C@@H](C)[C@H](O)[C@@H](O)[C@H]4O)cc3oc2c1. The molecule has 5 rings (SSSR count). The van der Waals surface area contributed by atoms with Gasteiger partial charge in [0.1, 0.15) is 64.7 Å².